The Bertz CT molecular complexity index is 1110. The summed E-state index contributed by atoms with van der Waals surface area (Å²) in [5.74, 6) is 0.267. The molecule has 1 aromatic heterocycles. The lowest BCUT2D eigenvalue weighted by Crippen LogP contribution is -2.52. The van der Waals surface area contributed by atoms with Gasteiger partial charge in [0.2, 0.25) is 11.8 Å². The number of allylic oxidation sites excluding steroid dienone is 1. The maximum atomic E-state index is 13.1. The van der Waals surface area contributed by atoms with Crippen LogP contribution in [0.4, 0.5) is 0 Å². The van der Waals surface area contributed by atoms with E-state index in [1.807, 2.05) is 36.2 Å². The lowest BCUT2D eigenvalue weighted by Gasteiger charge is -2.44. The molecule has 1 saturated heterocycles. The number of aromatic nitrogens is 1. The van der Waals surface area contributed by atoms with Gasteiger partial charge in [0.25, 0.3) is 0 Å². The number of ether oxygens (including phenoxy) is 1. The quantitative estimate of drug-likeness (QED) is 0.558. The first kappa shape index (κ1) is 24.7. The molecule has 1 aromatic carbocycles. The second-order valence-corrected chi connectivity index (χ2v) is 10.4. The summed E-state index contributed by atoms with van der Waals surface area (Å²) < 4.78 is 6.67. The van der Waals surface area contributed by atoms with E-state index in [2.05, 4.69) is 34.6 Å². The third-order valence-corrected chi connectivity index (χ3v) is 8.24. The molecule has 1 N–H and O–H groups in total. The van der Waals surface area contributed by atoms with E-state index in [0.717, 1.165) is 36.8 Å². The maximum Gasteiger partial charge on any atom is 0.226 e. The molecule has 3 aliphatic rings. The normalized spacial score (nSPS) is 22.7. The minimum Gasteiger partial charge on any atom is -0.370 e. The van der Waals surface area contributed by atoms with Crippen LogP contribution in [0.3, 0.4) is 0 Å². The highest BCUT2D eigenvalue weighted by Crippen LogP contribution is 2.52. The van der Waals surface area contributed by atoms with Crippen LogP contribution in [0.25, 0.3) is 0 Å². The number of hydrogen-bond acceptors (Lipinski definition) is 4. The van der Waals surface area contributed by atoms with Gasteiger partial charge in [-0.25, -0.2) is 0 Å². The van der Waals surface area contributed by atoms with Crippen LogP contribution in [0.5, 0.6) is 0 Å². The summed E-state index contributed by atoms with van der Waals surface area (Å²) in [4.78, 5) is 32.0. The fourth-order valence-corrected chi connectivity index (χ4v) is 6.29. The SMILES string of the molecule is CCC(=O)N[C@@H]1c2ccccc2C2(CCN(C(=O)CC3=CCCCC3)CC2)[C@H]1OCc1cccnc1. The number of amides is 2. The Kier molecular flexibility index (Phi) is 7.51. The zero-order chi connectivity index (χ0) is 25.0. The number of nitrogens with one attached hydrogen (secondary N) is 1. The fraction of sp³-hybridized carbons (Fsp3) is 0.500. The molecule has 190 valence electrons. The van der Waals surface area contributed by atoms with E-state index in [4.69, 9.17) is 4.74 Å². The van der Waals surface area contributed by atoms with Crippen molar-refractivity contribution in [2.45, 2.75) is 82.5 Å². The number of fused-ring (bicyclic) bond motifs is 2. The second-order valence-electron chi connectivity index (χ2n) is 10.4. The van der Waals surface area contributed by atoms with Gasteiger partial charge >= 0.3 is 0 Å². The van der Waals surface area contributed by atoms with Crippen LogP contribution in [0.1, 0.15) is 81.0 Å². The highest BCUT2D eigenvalue weighted by atomic mass is 16.5. The molecule has 36 heavy (non-hydrogen) atoms. The Morgan fingerprint density at radius 3 is 2.69 bits per heavy atom. The van der Waals surface area contributed by atoms with Crippen LogP contribution in [0, 0.1) is 0 Å². The maximum absolute atomic E-state index is 13.1. The van der Waals surface area contributed by atoms with Crippen molar-refractivity contribution in [1.29, 1.82) is 0 Å². The molecule has 6 heteroatoms. The lowest BCUT2D eigenvalue weighted by molar-refractivity contribution is -0.133. The van der Waals surface area contributed by atoms with Crippen molar-refractivity contribution in [1.82, 2.24) is 15.2 Å². The molecule has 1 fully saturated rings. The summed E-state index contributed by atoms with van der Waals surface area (Å²) >= 11 is 0. The smallest absolute Gasteiger partial charge is 0.226 e. The Hall–Kier alpha value is -2.99. The van der Waals surface area contributed by atoms with Gasteiger partial charge in [0.1, 0.15) is 0 Å². The van der Waals surface area contributed by atoms with Gasteiger partial charge < -0.3 is 15.0 Å². The van der Waals surface area contributed by atoms with E-state index in [0.29, 0.717) is 32.5 Å². The van der Waals surface area contributed by atoms with Crippen molar-refractivity contribution in [2.75, 3.05) is 13.1 Å². The molecule has 2 aliphatic carbocycles. The molecule has 6 nitrogen and oxygen atoms in total. The largest absolute Gasteiger partial charge is 0.370 e. The number of rotatable bonds is 7. The summed E-state index contributed by atoms with van der Waals surface area (Å²) in [5.41, 5.74) is 4.47. The number of nitrogens with zero attached hydrogens (tertiary/aromatic N) is 2. The number of likely N-dealkylation sites (tertiary alicyclic amines) is 1. The number of piperidine rings is 1. The summed E-state index contributed by atoms with van der Waals surface area (Å²) in [5, 5.41) is 3.26. The van der Waals surface area contributed by atoms with Crippen LogP contribution in [0.2, 0.25) is 0 Å². The molecule has 5 rings (SSSR count). The van der Waals surface area contributed by atoms with Crippen LogP contribution >= 0.6 is 0 Å². The first-order valence-electron chi connectivity index (χ1n) is 13.5. The topological polar surface area (TPSA) is 71.5 Å². The van der Waals surface area contributed by atoms with Gasteiger partial charge in [-0.05, 0) is 61.3 Å². The number of carbonyl (C=O) groups is 2. The molecular weight excluding hydrogens is 450 g/mol. The molecule has 2 atom stereocenters. The molecule has 2 heterocycles. The van der Waals surface area contributed by atoms with E-state index in [1.54, 1.807) is 6.20 Å². The predicted octanol–water partition coefficient (Wildman–Crippen LogP) is 5.00. The van der Waals surface area contributed by atoms with E-state index < -0.39 is 0 Å². The van der Waals surface area contributed by atoms with Gasteiger partial charge in [-0.15, -0.1) is 0 Å². The van der Waals surface area contributed by atoms with E-state index in [1.165, 1.54) is 24.0 Å². The molecule has 2 amide bonds. The molecule has 0 saturated carbocycles. The average molecular weight is 488 g/mol. The third-order valence-electron chi connectivity index (χ3n) is 8.24. The molecule has 0 bridgehead atoms. The highest BCUT2D eigenvalue weighted by molar-refractivity contribution is 5.79. The fourth-order valence-electron chi connectivity index (χ4n) is 6.29. The Morgan fingerprint density at radius 2 is 1.97 bits per heavy atom. The van der Waals surface area contributed by atoms with Crippen molar-refractivity contribution in [3.63, 3.8) is 0 Å². The van der Waals surface area contributed by atoms with Gasteiger partial charge in [-0.3, -0.25) is 14.6 Å². The van der Waals surface area contributed by atoms with Gasteiger partial charge in [-0.1, -0.05) is 48.9 Å². The average Bonchev–Trinajstić information content (AvgIpc) is 3.17. The van der Waals surface area contributed by atoms with Crippen LogP contribution in [-0.2, 0) is 26.3 Å². The van der Waals surface area contributed by atoms with Crippen molar-refractivity contribution < 1.29 is 14.3 Å². The van der Waals surface area contributed by atoms with Crippen molar-refractivity contribution >= 4 is 11.8 Å². The number of carbonyl (C=O) groups excluding carboxylic acids is 2. The van der Waals surface area contributed by atoms with Gasteiger partial charge in [0.05, 0.1) is 18.8 Å². The zero-order valence-corrected chi connectivity index (χ0v) is 21.2. The molecule has 0 radical (unpaired) electrons. The molecular formula is C30H37N3O3. The van der Waals surface area contributed by atoms with E-state index in [9.17, 15) is 9.59 Å². The standard InChI is InChI=1S/C30H37N3O3/c1-2-26(34)32-28-24-12-6-7-13-25(24)30(29(28)36-21-23-11-8-16-31-20-23)14-17-33(18-15-30)27(35)19-22-9-4-3-5-10-22/h6-9,11-13,16,20,28-29H,2-5,10,14-15,17-19,21H2,1H3,(H,32,34)/t28-,29+/m1/s1. The van der Waals surface area contributed by atoms with E-state index in [-0.39, 0.29) is 29.4 Å². The monoisotopic (exact) mass is 487 g/mol. The van der Waals surface area contributed by atoms with Gasteiger partial charge in [0, 0.05) is 43.7 Å². The Balaban J connectivity index is 1.39. The van der Waals surface area contributed by atoms with Gasteiger partial charge in [-0.2, -0.15) is 0 Å². The van der Waals surface area contributed by atoms with Gasteiger partial charge in [0.15, 0.2) is 0 Å². The van der Waals surface area contributed by atoms with E-state index >= 15 is 0 Å². The van der Waals surface area contributed by atoms with Crippen molar-refractivity contribution in [2.24, 2.45) is 0 Å². The van der Waals surface area contributed by atoms with Crippen molar-refractivity contribution in [3.05, 3.63) is 77.1 Å². The predicted molar refractivity (Wildman–Crippen MR) is 139 cm³/mol. The minimum atomic E-state index is -0.245. The first-order valence-corrected chi connectivity index (χ1v) is 13.5. The summed E-state index contributed by atoms with van der Waals surface area (Å²) in [6.07, 6.45) is 12.9. The van der Waals surface area contributed by atoms with Crippen LogP contribution in [-0.4, -0.2) is 40.9 Å². The number of hydrogen-bond donors (Lipinski definition) is 1. The highest BCUT2D eigenvalue weighted by Gasteiger charge is 2.54. The lowest BCUT2D eigenvalue weighted by atomic mass is 9.71. The molecule has 1 spiro atoms. The minimum absolute atomic E-state index is 0.0233. The summed E-state index contributed by atoms with van der Waals surface area (Å²) in [6, 6.07) is 12.2. The second kappa shape index (κ2) is 11.0. The molecule has 1 aliphatic heterocycles. The summed E-state index contributed by atoms with van der Waals surface area (Å²) in [6.45, 7) is 3.73. The first-order chi connectivity index (χ1) is 17.6. The Morgan fingerprint density at radius 1 is 1.14 bits per heavy atom. The molecule has 0 unspecified atom stereocenters. The van der Waals surface area contributed by atoms with Crippen LogP contribution < -0.4 is 5.32 Å². The summed E-state index contributed by atoms with van der Waals surface area (Å²) in [7, 11) is 0. The number of benzene rings is 1. The van der Waals surface area contributed by atoms with Crippen molar-refractivity contribution in [3.8, 4) is 0 Å². The van der Waals surface area contributed by atoms with Crippen LogP contribution in [0.15, 0.2) is 60.4 Å². The zero-order valence-electron chi connectivity index (χ0n) is 21.2. The molecule has 2 aromatic rings. The number of pyridine rings is 1. The third kappa shape index (κ3) is 4.96. The Labute approximate surface area is 214 Å².